The molecule has 4 aromatic rings. The monoisotopic (exact) mass is 729 g/mol. The number of benzene rings is 3. The number of nitrogens with one attached hydrogen (secondary N) is 1. The number of carbonyl (C=O) groups is 1. The number of nitrogens with zero attached hydrogens (tertiary/aromatic N) is 4. The molecule has 0 unspecified atom stereocenters. The fourth-order valence-electron chi connectivity index (χ4n) is 7.73. The Morgan fingerprint density at radius 2 is 1.69 bits per heavy atom. The number of halogens is 1. The molecule has 3 aromatic carbocycles. The van der Waals surface area contributed by atoms with Crippen LogP contribution in [-0.2, 0) is 14.8 Å². The SMILES string of the molecule is CCS(=O)(=O)N[C@@H]1CC[C@](O)(CN2CCC3(CC2)CC(c2ncncc2Oc2ccc(F)cc2C(=O)N(c2ccccc2)c2ccccc2)C3)OC1. The third kappa shape index (κ3) is 8.03. The van der Waals surface area contributed by atoms with Gasteiger partial charge in [0.05, 0.1) is 36.4 Å². The van der Waals surface area contributed by atoms with E-state index in [1.165, 1.54) is 24.5 Å². The molecule has 1 aromatic heterocycles. The van der Waals surface area contributed by atoms with Gasteiger partial charge in [0.1, 0.15) is 17.9 Å². The van der Waals surface area contributed by atoms with E-state index >= 15 is 0 Å². The molecule has 13 heteroatoms. The molecule has 2 saturated heterocycles. The number of ether oxygens (including phenoxy) is 2. The van der Waals surface area contributed by atoms with Gasteiger partial charge in [-0.2, -0.15) is 0 Å². The molecule has 1 saturated carbocycles. The van der Waals surface area contributed by atoms with Gasteiger partial charge in [-0.1, -0.05) is 36.4 Å². The van der Waals surface area contributed by atoms with E-state index in [9.17, 15) is 22.7 Å². The van der Waals surface area contributed by atoms with Crippen LogP contribution in [0.5, 0.6) is 11.5 Å². The number of rotatable bonds is 11. The van der Waals surface area contributed by atoms with Crippen molar-refractivity contribution < 1.29 is 32.2 Å². The van der Waals surface area contributed by atoms with Crippen molar-refractivity contribution in [3.8, 4) is 11.5 Å². The zero-order valence-electron chi connectivity index (χ0n) is 29.2. The second-order valence-electron chi connectivity index (χ2n) is 14.2. The Morgan fingerprint density at radius 1 is 1.02 bits per heavy atom. The summed E-state index contributed by atoms with van der Waals surface area (Å²) in [6.45, 7) is 3.75. The van der Waals surface area contributed by atoms with Gasteiger partial charge in [0.2, 0.25) is 10.0 Å². The molecule has 3 heterocycles. The summed E-state index contributed by atoms with van der Waals surface area (Å²) in [4.78, 5) is 26.9. The molecular formula is C39H44FN5O6S. The molecule has 52 heavy (non-hydrogen) atoms. The molecule has 11 nitrogen and oxygen atoms in total. The Balaban J connectivity index is 1.00. The summed E-state index contributed by atoms with van der Waals surface area (Å²) in [6.07, 6.45) is 7.74. The standard InChI is InChI=1S/C39H44FN5O6S/c1-2-52(48,49)43-30-15-16-39(47,50-25-30)26-44-19-17-38(18-20-44)22-28(23-38)36-35(24-41-27-42-36)51-34-14-13-29(40)21-33(34)37(46)45(31-9-5-3-6-10-31)32-11-7-4-8-12-32/h3-14,21,24,27-28,30,43,47H,2,15-20,22-23,25-26H2,1H3/t30-,39-/m1/s1. The van der Waals surface area contributed by atoms with Crippen LogP contribution in [0.15, 0.2) is 91.4 Å². The number of piperidine rings is 1. The number of likely N-dealkylation sites (tertiary alicyclic amines) is 1. The molecule has 2 atom stereocenters. The highest BCUT2D eigenvalue weighted by atomic mass is 32.2. The van der Waals surface area contributed by atoms with Gasteiger partial charge < -0.3 is 14.6 Å². The second kappa shape index (κ2) is 15.0. The molecule has 1 spiro atoms. The highest BCUT2D eigenvalue weighted by Gasteiger charge is 2.48. The molecule has 1 amide bonds. The van der Waals surface area contributed by atoms with Gasteiger partial charge in [0.15, 0.2) is 11.5 Å². The lowest BCUT2D eigenvalue weighted by molar-refractivity contribution is -0.239. The van der Waals surface area contributed by atoms with Crippen LogP contribution in [0.4, 0.5) is 15.8 Å². The Hall–Kier alpha value is -4.27. The first kappa shape index (κ1) is 36.1. The van der Waals surface area contributed by atoms with E-state index in [4.69, 9.17) is 9.47 Å². The van der Waals surface area contributed by atoms with E-state index in [2.05, 4.69) is 19.6 Å². The summed E-state index contributed by atoms with van der Waals surface area (Å²) >= 11 is 0. The first-order chi connectivity index (χ1) is 25.0. The van der Waals surface area contributed by atoms with Crippen LogP contribution in [-0.4, -0.2) is 78.1 Å². The van der Waals surface area contributed by atoms with Crippen LogP contribution in [0.25, 0.3) is 0 Å². The first-order valence-corrected chi connectivity index (χ1v) is 19.5. The van der Waals surface area contributed by atoms with Crippen molar-refractivity contribution in [3.05, 3.63) is 108 Å². The van der Waals surface area contributed by atoms with Crippen LogP contribution < -0.4 is 14.4 Å². The van der Waals surface area contributed by atoms with Crippen molar-refractivity contribution in [2.45, 2.75) is 63.2 Å². The summed E-state index contributed by atoms with van der Waals surface area (Å²) in [5.74, 6) is -1.52. The number of aromatic nitrogens is 2. The highest BCUT2D eigenvalue weighted by Crippen LogP contribution is 2.57. The van der Waals surface area contributed by atoms with Gasteiger partial charge in [-0.05, 0) is 100.0 Å². The lowest BCUT2D eigenvalue weighted by atomic mass is 9.56. The number of carbonyl (C=O) groups excluding carboxylic acids is 1. The molecule has 3 fully saturated rings. The fraction of sp³-hybridized carbons (Fsp3) is 0.410. The molecule has 3 aliphatic rings. The third-order valence-corrected chi connectivity index (χ3v) is 12.1. The third-order valence-electron chi connectivity index (χ3n) is 10.6. The van der Waals surface area contributed by atoms with Gasteiger partial charge in [-0.25, -0.2) is 27.5 Å². The molecule has 0 bridgehead atoms. The van der Waals surface area contributed by atoms with E-state index in [0.29, 0.717) is 36.5 Å². The minimum absolute atomic E-state index is 0.00907. The van der Waals surface area contributed by atoms with Gasteiger partial charge >= 0.3 is 0 Å². The normalized spacial score (nSPS) is 22.1. The predicted octanol–water partition coefficient (Wildman–Crippen LogP) is 6.15. The number of anilines is 2. The van der Waals surface area contributed by atoms with Gasteiger partial charge in [0, 0.05) is 29.8 Å². The Bertz CT molecular complexity index is 1920. The molecule has 0 radical (unpaired) electrons. The quantitative estimate of drug-likeness (QED) is 0.186. The lowest BCUT2D eigenvalue weighted by Crippen LogP contribution is -2.55. The van der Waals surface area contributed by atoms with Crippen molar-refractivity contribution in [3.63, 3.8) is 0 Å². The van der Waals surface area contributed by atoms with Crippen molar-refractivity contribution in [1.82, 2.24) is 19.6 Å². The zero-order valence-corrected chi connectivity index (χ0v) is 30.0. The summed E-state index contributed by atoms with van der Waals surface area (Å²) in [7, 11) is -3.33. The minimum atomic E-state index is -3.33. The van der Waals surface area contributed by atoms with Crippen LogP contribution in [0, 0.1) is 11.2 Å². The smallest absolute Gasteiger partial charge is 0.266 e. The fourth-order valence-corrected chi connectivity index (χ4v) is 8.59. The summed E-state index contributed by atoms with van der Waals surface area (Å²) in [5, 5.41) is 11.1. The summed E-state index contributed by atoms with van der Waals surface area (Å²) in [6, 6.07) is 22.0. The maximum Gasteiger partial charge on any atom is 0.266 e. The van der Waals surface area contributed by atoms with Crippen LogP contribution >= 0.6 is 0 Å². The zero-order chi connectivity index (χ0) is 36.3. The number of amides is 1. The molecule has 274 valence electrons. The van der Waals surface area contributed by atoms with E-state index in [1.54, 1.807) is 18.0 Å². The molecular weight excluding hydrogens is 686 g/mol. The Kier molecular flexibility index (Phi) is 10.4. The van der Waals surface area contributed by atoms with E-state index in [1.807, 2.05) is 60.7 Å². The van der Waals surface area contributed by atoms with Crippen LogP contribution in [0.2, 0.25) is 0 Å². The number of β-amino-alcohol motifs (C(OH)–C–C–N with tert-alkyl or cyclic N) is 1. The highest BCUT2D eigenvalue weighted by molar-refractivity contribution is 7.89. The van der Waals surface area contributed by atoms with E-state index in [0.717, 1.165) is 44.5 Å². The van der Waals surface area contributed by atoms with E-state index < -0.39 is 27.5 Å². The number of para-hydroxylation sites is 2. The van der Waals surface area contributed by atoms with Gasteiger partial charge in [-0.3, -0.25) is 14.6 Å². The van der Waals surface area contributed by atoms with Crippen molar-refractivity contribution in [1.29, 1.82) is 0 Å². The average Bonchev–Trinajstić information content (AvgIpc) is 3.14. The number of aliphatic hydroxyl groups is 1. The van der Waals surface area contributed by atoms with E-state index in [-0.39, 0.29) is 41.0 Å². The topological polar surface area (TPSA) is 134 Å². The van der Waals surface area contributed by atoms with Crippen molar-refractivity contribution >= 4 is 27.3 Å². The number of sulfonamides is 1. The average molecular weight is 730 g/mol. The van der Waals surface area contributed by atoms with Crippen LogP contribution in [0.3, 0.4) is 0 Å². The molecule has 1 aliphatic carbocycles. The van der Waals surface area contributed by atoms with Crippen molar-refractivity contribution in [2.75, 3.05) is 36.9 Å². The maximum absolute atomic E-state index is 14.8. The largest absolute Gasteiger partial charge is 0.453 e. The lowest BCUT2D eigenvalue weighted by Gasteiger charge is -2.53. The Morgan fingerprint density at radius 3 is 2.31 bits per heavy atom. The van der Waals surface area contributed by atoms with Crippen molar-refractivity contribution in [2.24, 2.45) is 5.41 Å². The number of hydrogen-bond acceptors (Lipinski definition) is 9. The second-order valence-corrected chi connectivity index (χ2v) is 16.3. The maximum atomic E-state index is 14.8. The number of hydrogen-bond donors (Lipinski definition) is 2. The predicted molar refractivity (Wildman–Crippen MR) is 194 cm³/mol. The molecule has 7 rings (SSSR count). The first-order valence-electron chi connectivity index (χ1n) is 17.8. The van der Waals surface area contributed by atoms with Gasteiger partial charge in [-0.15, -0.1) is 0 Å². The Labute approximate surface area is 303 Å². The molecule has 2 N–H and O–H groups in total. The summed E-state index contributed by atoms with van der Waals surface area (Å²) in [5.41, 5.74) is 2.24. The molecule has 2 aliphatic heterocycles. The van der Waals surface area contributed by atoms with Gasteiger partial charge in [0.25, 0.3) is 5.91 Å². The summed E-state index contributed by atoms with van der Waals surface area (Å²) < 4.78 is 53.5. The van der Waals surface area contributed by atoms with Crippen LogP contribution in [0.1, 0.15) is 67.4 Å². The minimum Gasteiger partial charge on any atom is -0.453 e.